The Morgan fingerprint density at radius 3 is 2.12 bits per heavy atom. The maximum absolute atomic E-state index is 11.4. The van der Waals surface area contributed by atoms with Crippen molar-refractivity contribution in [2.45, 2.75) is 34.6 Å². The summed E-state index contributed by atoms with van der Waals surface area (Å²) in [6.07, 6.45) is 0. The van der Waals surface area contributed by atoms with Gasteiger partial charge in [-0.2, -0.15) is 0 Å². The first kappa shape index (κ1) is 16.1. The highest BCUT2D eigenvalue weighted by atomic mass is 16.6. The first-order valence-electron chi connectivity index (χ1n) is 5.65. The fraction of sp³-hybridized carbons (Fsp3) is 0.833. The molecule has 0 bridgehead atoms. The molecule has 5 heteroatoms. The molecule has 17 heavy (non-hydrogen) atoms. The zero-order chi connectivity index (χ0) is 13.7. The number of carbonyl (C=O) groups excluding carboxylic acids is 2. The molecule has 0 amide bonds. The van der Waals surface area contributed by atoms with Gasteiger partial charge >= 0.3 is 11.9 Å². The summed E-state index contributed by atoms with van der Waals surface area (Å²) >= 11 is 0. The van der Waals surface area contributed by atoms with Crippen LogP contribution in [-0.4, -0.2) is 36.7 Å². The third-order valence-corrected chi connectivity index (χ3v) is 2.08. The van der Waals surface area contributed by atoms with Gasteiger partial charge in [-0.25, -0.2) is 0 Å². The fourth-order valence-corrected chi connectivity index (χ4v) is 0.882. The van der Waals surface area contributed by atoms with Crippen molar-refractivity contribution in [2.75, 3.05) is 19.7 Å². The zero-order valence-electron chi connectivity index (χ0n) is 11.3. The molecule has 0 unspecified atom stereocenters. The van der Waals surface area contributed by atoms with Crippen molar-refractivity contribution in [1.82, 2.24) is 5.32 Å². The summed E-state index contributed by atoms with van der Waals surface area (Å²) in [6, 6.07) is 0. The van der Waals surface area contributed by atoms with E-state index < -0.39 is 17.4 Å². The molecule has 100 valence electrons. The van der Waals surface area contributed by atoms with E-state index in [1.807, 2.05) is 20.8 Å². The lowest BCUT2D eigenvalue weighted by molar-refractivity contribution is -0.167. The molecule has 2 N–H and O–H groups in total. The summed E-state index contributed by atoms with van der Waals surface area (Å²) in [4.78, 5) is 22.8. The van der Waals surface area contributed by atoms with E-state index in [1.54, 1.807) is 0 Å². The predicted octanol–water partition coefficient (Wildman–Crippen LogP) is 0.710. The Bertz CT molecular complexity index is 279. The Morgan fingerprint density at radius 1 is 1.18 bits per heavy atom. The van der Waals surface area contributed by atoms with Gasteiger partial charge in [0.15, 0.2) is 0 Å². The maximum atomic E-state index is 11.4. The number of aliphatic hydroxyl groups is 1. The topological polar surface area (TPSA) is 75.6 Å². The molecule has 0 radical (unpaired) electrons. The second-order valence-electron chi connectivity index (χ2n) is 5.97. The van der Waals surface area contributed by atoms with Crippen molar-refractivity contribution in [3.8, 4) is 0 Å². The molecule has 5 nitrogen and oxygen atoms in total. The normalized spacial score (nSPS) is 12.4. The number of aliphatic hydroxyl groups excluding tert-OH is 1. The van der Waals surface area contributed by atoms with Gasteiger partial charge in [0, 0.05) is 6.54 Å². The van der Waals surface area contributed by atoms with Gasteiger partial charge < -0.3 is 15.2 Å². The van der Waals surface area contributed by atoms with E-state index in [4.69, 9.17) is 5.11 Å². The van der Waals surface area contributed by atoms with Crippen molar-refractivity contribution in [3.05, 3.63) is 0 Å². The number of rotatable bonds is 5. The van der Waals surface area contributed by atoms with Crippen molar-refractivity contribution in [2.24, 2.45) is 10.8 Å². The quantitative estimate of drug-likeness (QED) is 0.551. The third-order valence-electron chi connectivity index (χ3n) is 2.08. The highest BCUT2D eigenvalue weighted by Crippen LogP contribution is 2.15. The first-order valence-corrected chi connectivity index (χ1v) is 5.65. The molecule has 0 aliphatic carbocycles. The van der Waals surface area contributed by atoms with Gasteiger partial charge in [0.25, 0.3) is 0 Å². The summed E-state index contributed by atoms with van der Waals surface area (Å²) in [5.41, 5.74) is -0.978. The summed E-state index contributed by atoms with van der Waals surface area (Å²) in [6.45, 7) is 9.43. The van der Waals surface area contributed by atoms with Gasteiger partial charge in [0.05, 0.1) is 18.6 Å². The van der Waals surface area contributed by atoms with E-state index in [0.717, 1.165) is 0 Å². The Kier molecular flexibility index (Phi) is 5.78. The van der Waals surface area contributed by atoms with Gasteiger partial charge in [0.2, 0.25) is 0 Å². The van der Waals surface area contributed by atoms with Crippen molar-refractivity contribution in [3.63, 3.8) is 0 Å². The molecule has 0 aliphatic heterocycles. The van der Waals surface area contributed by atoms with Crippen LogP contribution >= 0.6 is 0 Å². The molecule has 0 aromatic rings. The number of esters is 2. The van der Waals surface area contributed by atoms with Crippen LogP contribution in [-0.2, 0) is 14.3 Å². The van der Waals surface area contributed by atoms with Crippen LogP contribution in [0.2, 0.25) is 0 Å². The number of nitrogens with one attached hydrogen (secondary N) is 1. The number of carbonyl (C=O) groups is 2. The van der Waals surface area contributed by atoms with Crippen LogP contribution in [0.1, 0.15) is 34.6 Å². The van der Waals surface area contributed by atoms with Crippen molar-refractivity contribution < 1.29 is 19.4 Å². The predicted molar refractivity (Wildman–Crippen MR) is 64.3 cm³/mol. The fourth-order valence-electron chi connectivity index (χ4n) is 0.882. The van der Waals surface area contributed by atoms with E-state index in [1.165, 1.54) is 13.8 Å². The summed E-state index contributed by atoms with van der Waals surface area (Å²) in [5.74, 6) is -1.33. The van der Waals surface area contributed by atoms with Crippen LogP contribution in [0.5, 0.6) is 0 Å². The summed E-state index contributed by atoms with van der Waals surface area (Å²) in [7, 11) is 0. The SMILES string of the molecule is CC(C)(C)CNCC(=O)OC(=O)C(C)(C)CO. The summed E-state index contributed by atoms with van der Waals surface area (Å²) in [5, 5.41) is 11.8. The second-order valence-corrected chi connectivity index (χ2v) is 5.97. The number of ether oxygens (including phenoxy) is 1. The third kappa shape index (κ3) is 7.07. The minimum atomic E-state index is -1.04. The highest BCUT2D eigenvalue weighted by Gasteiger charge is 2.30. The van der Waals surface area contributed by atoms with Crippen molar-refractivity contribution >= 4 is 11.9 Å². The average molecular weight is 245 g/mol. The zero-order valence-corrected chi connectivity index (χ0v) is 11.3. The van der Waals surface area contributed by atoms with Crippen LogP contribution in [0, 0.1) is 10.8 Å². The van der Waals surface area contributed by atoms with Gasteiger partial charge in [-0.1, -0.05) is 20.8 Å². The molecule has 0 aromatic carbocycles. The molecular formula is C12H23NO4. The Morgan fingerprint density at radius 2 is 1.71 bits per heavy atom. The lowest BCUT2D eigenvalue weighted by Crippen LogP contribution is -2.37. The van der Waals surface area contributed by atoms with Crippen LogP contribution in [0.4, 0.5) is 0 Å². The number of hydrogen-bond acceptors (Lipinski definition) is 5. The Hall–Kier alpha value is -0.940. The molecule has 0 fully saturated rings. The summed E-state index contributed by atoms with van der Waals surface area (Å²) < 4.78 is 4.62. The van der Waals surface area contributed by atoms with E-state index in [9.17, 15) is 9.59 Å². The van der Waals surface area contributed by atoms with Crippen LogP contribution < -0.4 is 5.32 Å². The van der Waals surface area contributed by atoms with Gasteiger partial charge in [-0.3, -0.25) is 9.59 Å². The maximum Gasteiger partial charge on any atom is 0.327 e. The standard InChI is InChI=1S/C12H23NO4/c1-11(2,3)7-13-6-9(15)17-10(16)12(4,5)8-14/h13-14H,6-8H2,1-5H3. The van der Waals surface area contributed by atoms with Crippen LogP contribution in [0.25, 0.3) is 0 Å². The van der Waals surface area contributed by atoms with E-state index in [2.05, 4.69) is 10.1 Å². The van der Waals surface area contributed by atoms with E-state index in [-0.39, 0.29) is 18.6 Å². The van der Waals surface area contributed by atoms with Gasteiger partial charge in [-0.15, -0.1) is 0 Å². The van der Waals surface area contributed by atoms with E-state index in [0.29, 0.717) is 6.54 Å². The smallest absolute Gasteiger partial charge is 0.327 e. The minimum Gasteiger partial charge on any atom is -0.395 e. The minimum absolute atomic E-state index is 0.00941. The molecule has 0 saturated heterocycles. The Labute approximate surface area is 103 Å². The molecule has 0 rings (SSSR count). The largest absolute Gasteiger partial charge is 0.395 e. The molecule has 0 aromatic heterocycles. The molecule has 0 atom stereocenters. The lowest BCUT2D eigenvalue weighted by atomic mass is 9.95. The monoisotopic (exact) mass is 245 g/mol. The molecule has 0 spiro atoms. The number of hydrogen-bond donors (Lipinski definition) is 2. The second kappa shape index (κ2) is 6.12. The van der Waals surface area contributed by atoms with Gasteiger partial charge in [0.1, 0.15) is 0 Å². The Balaban J connectivity index is 4.00. The van der Waals surface area contributed by atoms with Crippen molar-refractivity contribution in [1.29, 1.82) is 0 Å². The average Bonchev–Trinajstić information content (AvgIpc) is 2.15. The van der Waals surface area contributed by atoms with Crippen LogP contribution in [0.3, 0.4) is 0 Å². The molecular weight excluding hydrogens is 222 g/mol. The van der Waals surface area contributed by atoms with Crippen LogP contribution in [0.15, 0.2) is 0 Å². The molecule has 0 aliphatic rings. The lowest BCUT2D eigenvalue weighted by Gasteiger charge is -2.20. The molecule has 0 heterocycles. The molecule has 0 saturated carbocycles. The van der Waals surface area contributed by atoms with E-state index >= 15 is 0 Å². The first-order chi connectivity index (χ1) is 7.58. The highest BCUT2D eigenvalue weighted by molar-refractivity contribution is 5.89. The van der Waals surface area contributed by atoms with Gasteiger partial charge in [-0.05, 0) is 19.3 Å².